The van der Waals surface area contributed by atoms with Crippen LogP contribution in [0.3, 0.4) is 0 Å². The summed E-state index contributed by atoms with van der Waals surface area (Å²) in [5, 5.41) is 7.80. The van der Waals surface area contributed by atoms with Gasteiger partial charge in [-0.1, -0.05) is 6.07 Å². The Kier molecular flexibility index (Phi) is 2.30. The second-order valence-electron chi connectivity index (χ2n) is 3.94. The highest BCUT2D eigenvalue weighted by atomic mass is 16.1. The molecule has 0 atom stereocenters. The first-order valence-electron chi connectivity index (χ1n) is 5.44. The van der Waals surface area contributed by atoms with Crippen molar-refractivity contribution in [2.75, 3.05) is 0 Å². The van der Waals surface area contributed by atoms with Crippen LogP contribution in [0.2, 0.25) is 0 Å². The second kappa shape index (κ2) is 3.96. The van der Waals surface area contributed by atoms with Crippen LogP contribution in [-0.4, -0.2) is 21.1 Å². The number of hydrogen-bond acceptors (Lipinski definition) is 3. The average molecular weight is 238 g/mol. The number of benzene rings is 1. The first-order chi connectivity index (χ1) is 8.75. The fourth-order valence-corrected chi connectivity index (χ4v) is 1.92. The third-order valence-corrected chi connectivity index (χ3v) is 2.79. The molecule has 0 saturated carbocycles. The third-order valence-electron chi connectivity index (χ3n) is 2.79. The Labute approximate surface area is 103 Å². The van der Waals surface area contributed by atoms with E-state index >= 15 is 0 Å². The number of primary amides is 1. The molecule has 0 saturated heterocycles. The number of carbonyl (C=O) groups excluding carboxylic acids is 1. The fraction of sp³-hybridized carbons (Fsp3) is 0. The first-order valence-corrected chi connectivity index (χ1v) is 5.44. The second-order valence-corrected chi connectivity index (χ2v) is 3.94. The number of rotatable bonds is 2. The quantitative estimate of drug-likeness (QED) is 0.712. The first kappa shape index (κ1) is 10.5. The van der Waals surface area contributed by atoms with Crippen LogP contribution in [0.4, 0.5) is 0 Å². The molecule has 3 aromatic rings. The molecule has 3 N–H and O–H groups in total. The van der Waals surface area contributed by atoms with Crippen molar-refractivity contribution in [3.63, 3.8) is 0 Å². The molecule has 18 heavy (non-hydrogen) atoms. The van der Waals surface area contributed by atoms with Crippen molar-refractivity contribution in [1.29, 1.82) is 0 Å². The molecular weight excluding hydrogens is 228 g/mol. The molecule has 3 rings (SSSR count). The van der Waals surface area contributed by atoms with Gasteiger partial charge in [0, 0.05) is 17.1 Å². The topological polar surface area (TPSA) is 84.7 Å². The molecule has 0 aliphatic rings. The number of nitrogens with one attached hydrogen (secondary N) is 1. The smallest absolute Gasteiger partial charge is 0.250 e. The summed E-state index contributed by atoms with van der Waals surface area (Å²) in [5.41, 5.74) is 8.14. The summed E-state index contributed by atoms with van der Waals surface area (Å²) in [4.78, 5) is 15.6. The van der Waals surface area contributed by atoms with E-state index in [1.165, 1.54) is 0 Å². The summed E-state index contributed by atoms with van der Waals surface area (Å²) >= 11 is 0. The maximum atomic E-state index is 11.4. The van der Waals surface area contributed by atoms with Crippen LogP contribution in [0.25, 0.3) is 22.2 Å². The van der Waals surface area contributed by atoms with E-state index in [-0.39, 0.29) is 0 Å². The zero-order valence-corrected chi connectivity index (χ0v) is 9.42. The van der Waals surface area contributed by atoms with Gasteiger partial charge >= 0.3 is 0 Å². The van der Waals surface area contributed by atoms with Gasteiger partial charge in [-0.15, -0.1) is 0 Å². The number of aromatic amines is 1. The molecule has 5 heteroatoms. The number of nitrogens with two attached hydrogens (primary N) is 1. The number of H-pyrrole nitrogens is 1. The predicted molar refractivity (Wildman–Crippen MR) is 67.8 cm³/mol. The van der Waals surface area contributed by atoms with Crippen LogP contribution in [0.5, 0.6) is 0 Å². The number of fused-ring (bicyclic) bond motifs is 1. The lowest BCUT2D eigenvalue weighted by molar-refractivity contribution is 0.100. The van der Waals surface area contributed by atoms with Crippen molar-refractivity contribution in [2.45, 2.75) is 0 Å². The van der Waals surface area contributed by atoms with E-state index < -0.39 is 5.91 Å². The van der Waals surface area contributed by atoms with Crippen molar-refractivity contribution in [3.8, 4) is 11.3 Å². The van der Waals surface area contributed by atoms with E-state index in [0.29, 0.717) is 11.3 Å². The minimum Gasteiger partial charge on any atom is -0.366 e. The van der Waals surface area contributed by atoms with Crippen molar-refractivity contribution in [3.05, 3.63) is 48.3 Å². The van der Waals surface area contributed by atoms with E-state index in [4.69, 9.17) is 5.73 Å². The van der Waals surface area contributed by atoms with Crippen LogP contribution >= 0.6 is 0 Å². The summed E-state index contributed by atoms with van der Waals surface area (Å²) in [6.07, 6.45) is 3.37. The summed E-state index contributed by atoms with van der Waals surface area (Å²) in [7, 11) is 0. The van der Waals surface area contributed by atoms with Crippen LogP contribution in [0, 0.1) is 0 Å². The number of carbonyl (C=O) groups is 1. The number of pyridine rings is 1. The largest absolute Gasteiger partial charge is 0.366 e. The highest BCUT2D eigenvalue weighted by Crippen LogP contribution is 2.24. The van der Waals surface area contributed by atoms with Gasteiger partial charge in [0.15, 0.2) is 0 Å². The average Bonchev–Trinajstić information content (AvgIpc) is 2.85. The molecule has 0 fully saturated rings. The Hall–Kier alpha value is -2.69. The van der Waals surface area contributed by atoms with Gasteiger partial charge in [0.25, 0.3) is 5.91 Å². The molecule has 0 unspecified atom stereocenters. The Morgan fingerprint density at radius 3 is 3.00 bits per heavy atom. The minimum absolute atomic E-state index is 0.417. The molecule has 88 valence electrons. The Balaban J connectivity index is 2.22. The van der Waals surface area contributed by atoms with Crippen LogP contribution in [-0.2, 0) is 0 Å². The number of amides is 1. The zero-order valence-electron chi connectivity index (χ0n) is 9.42. The van der Waals surface area contributed by atoms with E-state index in [1.54, 1.807) is 24.5 Å². The van der Waals surface area contributed by atoms with Crippen LogP contribution < -0.4 is 5.73 Å². The molecular formula is C13H10N4O. The molecule has 0 aliphatic carbocycles. The lowest BCUT2D eigenvalue weighted by Gasteiger charge is -2.05. The van der Waals surface area contributed by atoms with Crippen LogP contribution in [0.1, 0.15) is 10.4 Å². The summed E-state index contributed by atoms with van der Waals surface area (Å²) in [6, 6.07) is 9.07. The van der Waals surface area contributed by atoms with Crippen molar-refractivity contribution < 1.29 is 4.79 Å². The van der Waals surface area contributed by atoms with Crippen molar-refractivity contribution in [2.24, 2.45) is 5.73 Å². The van der Waals surface area contributed by atoms with Gasteiger partial charge in [0.2, 0.25) is 0 Å². The van der Waals surface area contributed by atoms with Gasteiger partial charge < -0.3 is 5.73 Å². The maximum absolute atomic E-state index is 11.4. The lowest BCUT2D eigenvalue weighted by Crippen LogP contribution is -2.12. The molecule has 5 nitrogen and oxygen atoms in total. The SMILES string of the molecule is NC(=O)c1cccnc1-c1ccc2[nH]ncc2c1. The Morgan fingerprint density at radius 1 is 1.28 bits per heavy atom. The van der Waals surface area contributed by atoms with Gasteiger partial charge in [-0.2, -0.15) is 5.10 Å². The van der Waals surface area contributed by atoms with E-state index in [9.17, 15) is 4.79 Å². The van der Waals surface area contributed by atoms with Gasteiger partial charge in [0.1, 0.15) is 0 Å². The molecule has 2 aromatic heterocycles. The van der Waals surface area contributed by atoms with Crippen molar-refractivity contribution in [1.82, 2.24) is 15.2 Å². The molecule has 0 radical (unpaired) electrons. The number of nitrogens with zero attached hydrogens (tertiary/aromatic N) is 2. The van der Waals surface area contributed by atoms with Crippen molar-refractivity contribution >= 4 is 16.8 Å². The number of hydrogen-bond donors (Lipinski definition) is 2. The van der Waals surface area contributed by atoms with Gasteiger partial charge in [0.05, 0.1) is 23.0 Å². The monoisotopic (exact) mass is 238 g/mol. The summed E-state index contributed by atoms with van der Waals surface area (Å²) < 4.78 is 0. The number of aromatic nitrogens is 3. The lowest BCUT2D eigenvalue weighted by atomic mass is 10.0. The van der Waals surface area contributed by atoms with E-state index in [0.717, 1.165) is 16.5 Å². The van der Waals surface area contributed by atoms with Gasteiger partial charge in [-0.25, -0.2) is 0 Å². The van der Waals surface area contributed by atoms with Gasteiger partial charge in [-0.3, -0.25) is 14.9 Å². The third kappa shape index (κ3) is 1.62. The summed E-state index contributed by atoms with van der Waals surface area (Å²) in [6.45, 7) is 0. The highest BCUT2D eigenvalue weighted by molar-refractivity contribution is 5.99. The molecule has 2 heterocycles. The predicted octanol–water partition coefficient (Wildman–Crippen LogP) is 1.72. The summed E-state index contributed by atoms with van der Waals surface area (Å²) in [5.74, 6) is -0.481. The fourth-order valence-electron chi connectivity index (χ4n) is 1.92. The molecule has 1 amide bonds. The van der Waals surface area contributed by atoms with E-state index in [1.807, 2.05) is 18.2 Å². The molecule has 1 aromatic carbocycles. The van der Waals surface area contributed by atoms with Gasteiger partial charge in [-0.05, 0) is 24.3 Å². The molecule has 0 bridgehead atoms. The van der Waals surface area contributed by atoms with Crippen LogP contribution in [0.15, 0.2) is 42.7 Å². The highest BCUT2D eigenvalue weighted by Gasteiger charge is 2.11. The minimum atomic E-state index is -0.481. The normalized spacial score (nSPS) is 10.7. The molecule has 0 aliphatic heterocycles. The standard InChI is InChI=1S/C13H10N4O/c14-13(18)10-2-1-5-15-12(10)8-3-4-11-9(6-8)7-16-17-11/h1-7H,(H2,14,18)(H,16,17). The molecule has 0 spiro atoms. The Morgan fingerprint density at radius 2 is 2.17 bits per heavy atom. The van der Waals surface area contributed by atoms with E-state index in [2.05, 4.69) is 15.2 Å². The maximum Gasteiger partial charge on any atom is 0.250 e. The Bertz CT molecular complexity index is 732. The zero-order chi connectivity index (χ0) is 12.5.